The third kappa shape index (κ3) is 4.52. The van der Waals surface area contributed by atoms with E-state index >= 15 is 0 Å². The van der Waals surface area contributed by atoms with E-state index in [2.05, 4.69) is 33.0 Å². The third-order valence-corrected chi connectivity index (χ3v) is 4.18. The Labute approximate surface area is 147 Å². The second-order valence-electron chi connectivity index (χ2n) is 6.15. The molecule has 1 aromatic carbocycles. The maximum atomic E-state index is 12.2. The van der Waals surface area contributed by atoms with Crippen LogP contribution in [0.3, 0.4) is 0 Å². The fraction of sp³-hybridized carbons (Fsp3) is 0.500. The maximum absolute atomic E-state index is 12.2. The number of carbonyl (C=O) groups excluding carboxylic acids is 1. The molecule has 2 unspecified atom stereocenters. The SMILES string of the molecule is Cc1ccc(-c2nnn(CC(=O)NC3CCNCC3C)n2)cc1.Cl. The zero-order valence-electron chi connectivity index (χ0n) is 13.9. The lowest BCUT2D eigenvalue weighted by atomic mass is 9.95. The quantitative estimate of drug-likeness (QED) is 0.865. The van der Waals surface area contributed by atoms with Gasteiger partial charge in [0.05, 0.1) is 0 Å². The fourth-order valence-electron chi connectivity index (χ4n) is 2.74. The number of amides is 1. The molecule has 2 heterocycles. The second-order valence-corrected chi connectivity index (χ2v) is 6.15. The Balaban J connectivity index is 0.00000208. The van der Waals surface area contributed by atoms with Gasteiger partial charge in [0.15, 0.2) is 0 Å². The zero-order valence-corrected chi connectivity index (χ0v) is 14.7. The van der Waals surface area contributed by atoms with E-state index in [-0.39, 0.29) is 30.9 Å². The molecule has 2 atom stereocenters. The average Bonchev–Trinajstić information content (AvgIpc) is 2.98. The van der Waals surface area contributed by atoms with Gasteiger partial charge in [-0.1, -0.05) is 36.8 Å². The summed E-state index contributed by atoms with van der Waals surface area (Å²) in [6.45, 7) is 6.13. The molecule has 24 heavy (non-hydrogen) atoms. The number of piperidine rings is 1. The normalized spacial score (nSPS) is 20.2. The average molecular weight is 351 g/mol. The van der Waals surface area contributed by atoms with Gasteiger partial charge in [-0.15, -0.1) is 22.6 Å². The summed E-state index contributed by atoms with van der Waals surface area (Å²) < 4.78 is 0. The monoisotopic (exact) mass is 350 g/mol. The van der Waals surface area contributed by atoms with Crippen LogP contribution < -0.4 is 10.6 Å². The number of nitrogens with one attached hydrogen (secondary N) is 2. The highest BCUT2D eigenvalue weighted by atomic mass is 35.5. The van der Waals surface area contributed by atoms with Gasteiger partial charge in [0, 0.05) is 11.6 Å². The largest absolute Gasteiger partial charge is 0.351 e. The molecule has 8 heteroatoms. The molecule has 0 saturated carbocycles. The molecule has 1 saturated heterocycles. The second kappa shape index (κ2) is 8.21. The number of aryl methyl sites for hydroxylation is 1. The van der Waals surface area contributed by atoms with Gasteiger partial charge < -0.3 is 10.6 Å². The molecular weight excluding hydrogens is 328 g/mol. The lowest BCUT2D eigenvalue weighted by Gasteiger charge is -2.30. The number of halogens is 1. The fourth-order valence-corrected chi connectivity index (χ4v) is 2.74. The summed E-state index contributed by atoms with van der Waals surface area (Å²) in [6, 6.07) is 8.12. The topological polar surface area (TPSA) is 84.7 Å². The molecule has 1 amide bonds. The minimum absolute atomic E-state index is 0. The summed E-state index contributed by atoms with van der Waals surface area (Å²) in [5.74, 6) is 0.893. The summed E-state index contributed by atoms with van der Waals surface area (Å²) in [5.41, 5.74) is 2.07. The van der Waals surface area contributed by atoms with E-state index in [1.54, 1.807) is 0 Å². The molecule has 0 spiro atoms. The number of benzene rings is 1. The van der Waals surface area contributed by atoms with Crippen molar-refractivity contribution in [2.24, 2.45) is 5.92 Å². The zero-order chi connectivity index (χ0) is 16.2. The standard InChI is InChI=1S/C16H22N6O.ClH/c1-11-3-5-13(6-4-11)16-19-21-22(20-16)10-15(23)18-14-7-8-17-9-12(14)2;/h3-6,12,14,17H,7-10H2,1-2H3,(H,18,23);1H. The smallest absolute Gasteiger partial charge is 0.243 e. The van der Waals surface area contributed by atoms with Crippen LogP contribution in [-0.2, 0) is 11.3 Å². The lowest BCUT2D eigenvalue weighted by Crippen LogP contribution is -2.49. The number of tetrazole rings is 1. The first-order valence-corrected chi connectivity index (χ1v) is 7.97. The number of hydrogen-bond donors (Lipinski definition) is 2. The van der Waals surface area contributed by atoms with Gasteiger partial charge in [-0.25, -0.2) is 0 Å². The Hall–Kier alpha value is -1.99. The Bertz CT molecular complexity index is 671. The molecule has 1 aromatic heterocycles. The van der Waals surface area contributed by atoms with Gasteiger partial charge in [-0.3, -0.25) is 4.79 Å². The molecule has 0 bridgehead atoms. The highest BCUT2D eigenvalue weighted by Gasteiger charge is 2.22. The van der Waals surface area contributed by atoms with Crippen LogP contribution in [0.1, 0.15) is 18.9 Å². The van der Waals surface area contributed by atoms with Crippen LogP contribution in [0.25, 0.3) is 11.4 Å². The van der Waals surface area contributed by atoms with Gasteiger partial charge in [0.1, 0.15) is 6.54 Å². The molecule has 130 valence electrons. The number of aromatic nitrogens is 4. The van der Waals surface area contributed by atoms with E-state index < -0.39 is 0 Å². The van der Waals surface area contributed by atoms with E-state index in [9.17, 15) is 4.79 Å². The van der Waals surface area contributed by atoms with Gasteiger partial charge in [0.25, 0.3) is 0 Å². The van der Waals surface area contributed by atoms with Crippen molar-refractivity contribution in [2.75, 3.05) is 13.1 Å². The van der Waals surface area contributed by atoms with Crippen molar-refractivity contribution in [3.63, 3.8) is 0 Å². The highest BCUT2D eigenvalue weighted by Crippen LogP contribution is 2.14. The van der Waals surface area contributed by atoms with Gasteiger partial charge in [0.2, 0.25) is 11.7 Å². The third-order valence-electron chi connectivity index (χ3n) is 4.18. The van der Waals surface area contributed by atoms with Crippen molar-refractivity contribution < 1.29 is 4.79 Å². The van der Waals surface area contributed by atoms with Crippen LogP contribution in [0.4, 0.5) is 0 Å². The summed E-state index contributed by atoms with van der Waals surface area (Å²) in [7, 11) is 0. The summed E-state index contributed by atoms with van der Waals surface area (Å²) in [6.07, 6.45) is 0.951. The molecule has 7 nitrogen and oxygen atoms in total. The first-order valence-electron chi connectivity index (χ1n) is 7.97. The predicted octanol–water partition coefficient (Wildman–Crippen LogP) is 1.18. The minimum Gasteiger partial charge on any atom is -0.351 e. The molecule has 0 radical (unpaired) electrons. The Morgan fingerprint density at radius 2 is 2.12 bits per heavy atom. The van der Waals surface area contributed by atoms with Crippen LogP contribution in [0.5, 0.6) is 0 Å². The van der Waals surface area contributed by atoms with Crippen molar-refractivity contribution in [3.05, 3.63) is 29.8 Å². The molecule has 2 aromatic rings. The van der Waals surface area contributed by atoms with Crippen LogP contribution >= 0.6 is 12.4 Å². The predicted molar refractivity (Wildman–Crippen MR) is 93.8 cm³/mol. The van der Waals surface area contributed by atoms with Crippen molar-refractivity contribution in [1.82, 2.24) is 30.8 Å². The van der Waals surface area contributed by atoms with Gasteiger partial charge >= 0.3 is 0 Å². The van der Waals surface area contributed by atoms with Crippen LogP contribution in [0, 0.1) is 12.8 Å². The Kier molecular flexibility index (Phi) is 6.28. The van der Waals surface area contributed by atoms with Crippen LogP contribution in [0.2, 0.25) is 0 Å². The molecular formula is C16H23ClN6O. The Morgan fingerprint density at radius 3 is 2.83 bits per heavy atom. The van der Waals surface area contributed by atoms with Crippen molar-refractivity contribution in [3.8, 4) is 11.4 Å². The number of hydrogen-bond acceptors (Lipinski definition) is 5. The highest BCUT2D eigenvalue weighted by molar-refractivity contribution is 5.85. The summed E-state index contributed by atoms with van der Waals surface area (Å²) >= 11 is 0. The van der Waals surface area contributed by atoms with Gasteiger partial charge in [-0.2, -0.15) is 4.80 Å². The molecule has 3 rings (SSSR count). The maximum Gasteiger partial charge on any atom is 0.243 e. The van der Waals surface area contributed by atoms with Crippen molar-refractivity contribution in [2.45, 2.75) is 32.9 Å². The number of rotatable bonds is 4. The Morgan fingerprint density at radius 1 is 1.38 bits per heavy atom. The molecule has 1 aliphatic heterocycles. The lowest BCUT2D eigenvalue weighted by molar-refractivity contribution is -0.123. The van der Waals surface area contributed by atoms with E-state index in [0.717, 1.165) is 25.1 Å². The minimum atomic E-state index is -0.0726. The van der Waals surface area contributed by atoms with E-state index in [4.69, 9.17) is 0 Å². The van der Waals surface area contributed by atoms with Crippen molar-refractivity contribution >= 4 is 18.3 Å². The van der Waals surface area contributed by atoms with E-state index in [0.29, 0.717) is 11.7 Å². The molecule has 2 N–H and O–H groups in total. The molecule has 0 aliphatic carbocycles. The van der Waals surface area contributed by atoms with Gasteiger partial charge in [-0.05, 0) is 37.6 Å². The van der Waals surface area contributed by atoms with E-state index in [1.165, 1.54) is 10.4 Å². The van der Waals surface area contributed by atoms with E-state index in [1.807, 2.05) is 31.2 Å². The molecule has 1 aliphatic rings. The van der Waals surface area contributed by atoms with Crippen molar-refractivity contribution in [1.29, 1.82) is 0 Å². The number of carbonyl (C=O) groups is 1. The first-order chi connectivity index (χ1) is 11.1. The summed E-state index contributed by atoms with van der Waals surface area (Å²) in [4.78, 5) is 13.5. The van der Waals surface area contributed by atoms with Crippen LogP contribution in [-0.4, -0.2) is 45.2 Å². The number of nitrogens with zero attached hydrogens (tertiary/aromatic N) is 4. The summed E-state index contributed by atoms with van der Waals surface area (Å²) in [5, 5.41) is 18.7. The molecule has 1 fully saturated rings. The first kappa shape index (κ1) is 18.4. The van der Waals surface area contributed by atoms with Crippen LogP contribution in [0.15, 0.2) is 24.3 Å².